The van der Waals surface area contributed by atoms with Crippen molar-refractivity contribution in [3.63, 3.8) is 0 Å². The number of hydrogen-bond donors (Lipinski definition) is 1. The summed E-state index contributed by atoms with van der Waals surface area (Å²) in [7, 11) is 0. The van der Waals surface area contributed by atoms with Crippen molar-refractivity contribution in [1.82, 2.24) is 15.1 Å². The second kappa shape index (κ2) is 7.90. The van der Waals surface area contributed by atoms with Gasteiger partial charge in [-0.3, -0.25) is 4.79 Å². The standard InChI is InChI=1S/C17H26N4O3/c1-3-18-16-9-13-10-21(7-6-15(13)19-20-16)17(22)12(2)24-11-14-5-4-8-23-14/h9,12,14H,3-8,10-11H2,1-2H3,(H,18,20)/t12-,14-/m1/s1. The molecule has 0 spiro atoms. The first kappa shape index (κ1) is 17.1. The maximum atomic E-state index is 12.6. The summed E-state index contributed by atoms with van der Waals surface area (Å²) < 4.78 is 11.3. The van der Waals surface area contributed by atoms with Crippen LogP contribution in [-0.4, -0.2) is 59.5 Å². The van der Waals surface area contributed by atoms with Gasteiger partial charge in [-0.05, 0) is 38.3 Å². The molecule has 2 aliphatic heterocycles. The van der Waals surface area contributed by atoms with E-state index in [-0.39, 0.29) is 12.0 Å². The van der Waals surface area contributed by atoms with Crippen LogP contribution in [0.15, 0.2) is 6.07 Å². The molecular weight excluding hydrogens is 308 g/mol. The number of aromatic nitrogens is 2. The summed E-state index contributed by atoms with van der Waals surface area (Å²) in [5, 5.41) is 11.6. The zero-order valence-corrected chi connectivity index (χ0v) is 14.5. The van der Waals surface area contributed by atoms with E-state index in [0.717, 1.165) is 49.5 Å². The third-order valence-corrected chi connectivity index (χ3v) is 4.51. The van der Waals surface area contributed by atoms with Crippen molar-refractivity contribution in [2.24, 2.45) is 0 Å². The van der Waals surface area contributed by atoms with Gasteiger partial charge >= 0.3 is 0 Å². The van der Waals surface area contributed by atoms with Gasteiger partial charge in [0.05, 0.1) is 18.4 Å². The fourth-order valence-electron chi connectivity index (χ4n) is 3.14. The van der Waals surface area contributed by atoms with Crippen molar-refractivity contribution in [3.05, 3.63) is 17.3 Å². The fourth-order valence-corrected chi connectivity index (χ4v) is 3.14. The van der Waals surface area contributed by atoms with Crippen molar-refractivity contribution < 1.29 is 14.3 Å². The Hall–Kier alpha value is -1.73. The Morgan fingerprint density at radius 2 is 2.42 bits per heavy atom. The van der Waals surface area contributed by atoms with E-state index in [9.17, 15) is 4.79 Å². The van der Waals surface area contributed by atoms with Crippen LogP contribution in [0.4, 0.5) is 5.82 Å². The first-order valence-electron chi connectivity index (χ1n) is 8.78. The molecule has 0 radical (unpaired) electrons. The van der Waals surface area contributed by atoms with E-state index < -0.39 is 6.10 Å². The molecule has 2 aliphatic rings. The van der Waals surface area contributed by atoms with E-state index in [0.29, 0.717) is 19.7 Å². The maximum absolute atomic E-state index is 12.6. The van der Waals surface area contributed by atoms with Crippen LogP contribution >= 0.6 is 0 Å². The molecule has 7 nitrogen and oxygen atoms in total. The maximum Gasteiger partial charge on any atom is 0.251 e. The minimum Gasteiger partial charge on any atom is -0.376 e. The molecule has 0 aromatic carbocycles. The molecule has 1 fully saturated rings. The summed E-state index contributed by atoms with van der Waals surface area (Å²) in [4.78, 5) is 14.5. The highest BCUT2D eigenvalue weighted by Gasteiger charge is 2.27. The summed E-state index contributed by atoms with van der Waals surface area (Å²) in [5.41, 5.74) is 2.04. The number of rotatable bonds is 6. The summed E-state index contributed by atoms with van der Waals surface area (Å²) >= 11 is 0. The van der Waals surface area contributed by atoms with Gasteiger partial charge in [0.25, 0.3) is 5.91 Å². The molecule has 1 saturated heterocycles. The van der Waals surface area contributed by atoms with E-state index >= 15 is 0 Å². The Morgan fingerprint density at radius 1 is 1.54 bits per heavy atom. The average Bonchev–Trinajstić information content (AvgIpc) is 3.12. The van der Waals surface area contributed by atoms with Crippen molar-refractivity contribution in [2.45, 2.75) is 51.9 Å². The molecule has 1 aromatic rings. The predicted molar refractivity (Wildman–Crippen MR) is 89.7 cm³/mol. The van der Waals surface area contributed by atoms with Gasteiger partial charge in [0, 0.05) is 32.7 Å². The number of carbonyl (C=O) groups excluding carboxylic acids is 1. The highest BCUT2D eigenvalue weighted by atomic mass is 16.5. The Labute approximate surface area is 142 Å². The van der Waals surface area contributed by atoms with Crippen LogP contribution < -0.4 is 5.32 Å². The Bertz CT molecular complexity index is 575. The summed E-state index contributed by atoms with van der Waals surface area (Å²) in [6.45, 7) is 7.15. The average molecular weight is 334 g/mol. The topological polar surface area (TPSA) is 76.6 Å². The second-order valence-corrected chi connectivity index (χ2v) is 6.35. The zero-order chi connectivity index (χ0) is 16.9. The van der Waals surface area contributed by atoms with E-state index in [2.05, 4.69) is 15.5 Å². The van der Waals surface area contributed by atoms with E-state index in [1.165, 1.54) is 0 Å². The number of amides is 1. The number of anilines is 1. The monoisotopic (exact) mass is 334 g/mol. The van der Waals surface area contributed by atoms with Crippen molar-refractivity contribution in [1.29, 1.82) is 0 Å². The number of carbonyl (C=O) groups is 1. The Balaban J connectivity index is 1.56. The minimum absolute atomic E-state index is 0.0282. The predicted octanol–water partition coefficient (Wildman–Crippen LogP) is 1.38. The zero-order valence-electron chi connectivity index (χ0n) is 14.5. The lowest BCUT2D eigenvalue weighted by Gasteiger charge is -2.30. The normalized spacial score (nSPS) is 21.4. The SMILES string of the molecule is CCNc1cc2c(nn1)CCN(C(=O)[C@@H](C)OC[C@H]1CCCO1)C2. The van der Waals surface area contributed by atoms with Gasteiger partial charge in [-0.2, -0.15) is 5.10 Å². The van der Waals surface area contributed by atoms with E-state index in [4.69, 9.17) is 9.47 Å². The number of ether oxygens (including phenoxy) is 2. The Kier molecular flexibility index (Phi) is 5.63. The molecule has 0 saturated carbocycles. The van der Waals surface area contributed by atoms with Crippen LogP contribution in [0, 0.1) is 0 Å². The highest BCUT2D eigenvalue weighted by molar-refractivity contribution is 5.80. The second-order valence-electron chi connectivity index (χ2n) is 6.35. The molecule has 3 rings (SSSR count). The number of nitrogens with one attached hydrogen (secondary N) is 1. The summed E-state index contributed by atoms with van der Waals surface area (Å²) in [5.74, 6) is 0.786. The van der Waals surface area contributed by atoms with Gasteiger partial charge in [0.1, 0.15) is 11.9 Å². The number of fused-ring (bicyclic) bond motifs is 1. The smallest absolute Gasteiger partial charge is 0.251 e. The molecule has 1 N–H and O–H groups in total. The van der Waals surface area contributed by atoms with Crippen LogP contribution in [-0.2, 0) is 27.2 Å². The molecule has 7 heteroatoms. The number of nitrogens with zero attached hydrogens (tertiary/aromatic N) is 3. The third kappa shape index (κ3) is 4.02. The first-order chi connectivity index (χ1) is 11.7. The van der Waals surface area contributed by atoms with Gasteiger partial charge in [0.15, 0.2) is 0 Å². The first-order valence-corrected chi connectivity index (χ1v) is 8.78. The van der Waals surface area contributed by atoms with Gasteiger partial charge in [-0.15, -0.1) is 5.10 Å². The minimum atomic E-state index is -0.446. The molecule has 0 bridgehead atoms. The van der Waals surface area contributed by atoms with Crippen molar-refractivity contribution >= 4 is 11.7 Å². The van der Waals surface area contributed by atoms with Crippen LogP contribution in [0.2, 0.25) is 0 Å². The van der Waals surface area contributed by atoms with Crippen LogP contribution in [0.25, 0.3) is 0 Å². The Morgan fingerprint density at radius 3 is 3.17 bits per heavy atom. The highest BCUT2D eigenvalue weighted by Crippen LogP contribution is 2.20. The lowest BCUT2D eigenvalue weighted by atomic mass is 10.1. The summed E-state index contributed by atoms with van der Waals surface area (Å²) in [6.07, 6.45) is 2.52. The molecule has 0 aliphatic carbocycles. The third-order valence-electron chi connectivity index (χ3n) is 4.51. The molecule has 1 amide bonds. The fraction of sp³-hybridized carbons (Fsp3) is 0.706. The molecule has 3 heterocycles. The molecule has 0 unspecified atom stereocenters. The quantitative estimate of drug-likeness (QED) is 0.847. The van der Waals surface area contributed by atoms with Gasteiger partial charge in [-0.25, -0.2) is 0 Å². The largest absolute Gasteiger partial charge is 0.376 e. The summed E-state index contributed by atoms with van der Waals surface area (Å²) in [6, 6.07) is 1.99. The van der Waals surface area contributed by atoms with Gasteiger partial charge in [-0.1, -0.05) is 0 Å². The van der Waals surface area contributed by atoms with Gasteiger partial charge in [0.2, 0.25) is 0 Å². The molecule has 2 atom stereocenters. The lowest BCUT2D eigenvalue weighted by molar-refractivity contribution is -0.145. The molecule has 132 valence electrons. The van der Waals surface area contributed by atoms with E-state index in [1.54, 1.807) is 0 Å². The molecule has 24 heavy (non-hydrogen) atoms. The molecule has 1 aromatic heterocycles. The lowest BCUT2D eigenvalue weighted by Crippen LogP contribution is -2.43. The van der Waals surface area contributed by atoms with E-state index in [1.807, 2.05) is 24.8 Å². The number of hydrogen-bond acceptors (Lipinski definition) is 6. The van der Waals surface area contributed by atoms with Crippen molar-refractivity contribution in [2.75, 3.05) is 31.6 Å². The van der Waals surface area contributed by atoms with Crippen LogP contribution in [0.3, 0.4) is 0 Å². The van der Waals surface area contributed by atoms with Gasteiger partial charge < -0.3 is 19.7 Å². The van der Waals surface area contributed by atoms with Crippen molar-refractivity contribution in [3.8, 4) is 0 Å². The van der Waals surface area contributed by atoms with Crippen LogP contribution in [0.1, 0.15) is 37.9 Å². The van der Waals surface area contributed by atoms with Crippen LogP contribution in [0.5, 0.6) is 0 Å². The molecular formula is C17H26N4O3.